The van der Waals surface area contributed by atoms with Gasteiger partial charge in [0.2, 0.25) is 0 Å². The molecule has 0 spiro atoms. The molecule has 1 fully saturated rings. The molecule has 106 valence electrons. The third kappa shape index (κ3) is 3.37. The minimum Gasteiger partial charge on any atom is -0.370 e. The molecule has 1 aromatic heterocycles. The van der Waals surface area contributed by atoms with E-state index in [9.17, 15) is 0 Å². The highest BCUT2D eigenvalue weighted by atomic mass is 15.1. The Morgan fingerprint density at radius 3 is 2.21 bits per heavy atom. The molecule has 0 aliphatic heterocycles. The summed E-state index contributed by atoms with van der Waals surface area (Å²) in [6.45, 7) is 10.5. The highest BCUT2D eigenvalue weighted by molar-refractivity contribution is 5.57. The Kier molecular flexibility index (Phi) is 4.27. The zero-order chi connectivity index (χ0) is 13.9. The summed E-state index contributed by atoms with van der Waals surface area (Å²) >= 11 is 0. The van der Waals surface area contributed by atoms with Gasteiger partial charge in [0.05, 0.1) is 0 Å². The van der Waals surface area contributed by atoms with Gasteiger partial charge in [-0.25, -0.2) is 9.97 Å². The fraction of sp³-hybridized carbons (Fsp3) is 0.733. The van der Waals surface area contributed by atoms with E-state index in [0.717, 1.165) is 42.5 Å². The molecule has 1 aliphatic rings. The molecular formula is C15H26N4. The lowest BCUT2D eigenvalue weighted by atomic mass is 10.0. The third-order valence-electron chi connectivity index (χ3n) is 4.14. The first-order chi connectivity index (χ1) is 9.10. The molecule has 0 amide bonds. The Bertz CT molecular complexity index is 438. The van der Waals surface area contributed by atoms with Gasteiger partial charge in [-0.05, 0) is 44.9 Å². The SMILES string of the molecule is CCCNc1nc(C)nc(NCC2(CC)CC2)c1C. The number of nitrogens with one attached hydrogen (secondary N) is 2. The first-order valence-corrected chi connectivity index (χ1v) is 7.43. The van der Waals surface area contributed by atoms with Crippen molar-refractivity contribution in [3.63, 3.8) is 0 Å². The molecule has 4 heteroatoms. The molecule has 2 rings (SSSR count). The number of anilines is 2. The molecule has 2 N–H and O–H groups in total. The summed E-state index contributed by atoms with van der Waals surface area (Å²) in [5, 5.41) is 6.91. The van der Waals surface area contributed by atoms with E-state index in [1.165, 1.54) is 19.3 Å². The second-order valence-electron chi connectivity index (χ2n) is 5.73. The van der Waals surface area contributed by atoms with Crippen molar-refractivity contribution >= 4 is 11.6 Å². The van der Waals surface area contributed by atoms with Gasteiger partial charge in [-0.3, -0.25) is 0 Å². The van der Waals surface area contributed by atoms with Crippen LogP contribution in [0.15, 0.2) is 0 Å². The number of nitrogens with zero attached hydrogens (tertiary/aromatic N) is 2. The summed E-state index contributed by atoms with van der Waals surface area (Å²) in [7, 11) is 0. The molecule has 0 atom stereocenters. The van der Waals surface area contributed by atoms with Gasteiger partial charge in [0, 0.05) is 18.7 Å². The van der Waals surface area contributed by atoms with Crippen LogP contribution in [-0.4, -0.2) is 23.1 Å². The van der Waals surface area contributed by atoms with E-state index in [0.29, 0.717) is 5.41 Å². The number of aryl methyl sites for hydroxylation is 1. The molecule has 19 heavy (non-hydrogen) atoms. The number of rotatable bonds is 7. The molecule has 1 aliphatic carbocycles. The maximum Gasteiger partial charge on any atom is 0.134 e. The Labute approximate surface area is 116 Å². The summed E-state index contributed by atoms with van der Waals surface area (Å²) in [6.07, 6.45) is 5.05. The van der Waals surface area contributed by atoms with Crippen LogP contribution in [0, 0.1) is 19.3 Å². The van der Waals surface area contributed by atoms with Crippen LogP contribution in [0.2, 0.25) is 0 Å². The lowest BCUT2D eigenvalue weighted by molar-refractivity contribution is 0.520. The molecule has 1 aromatic rings. The monoisotopic (exact) mass is 262 g/mol. The highest BCUT2D eigenvalue weighted by Crippen LogP contribution is 2.48. The first kappa shape index (κ1) is 14.1. The van der Waals surface area contributed by atoms with Gasteiger partial charge in [-0.15, -0.1) is 0 Å². The Morgan fingerprint density at radius 2 is 1.68 bits per heavy atom. The van der Waals surface area contributed by atoms with Gasteiger partial charge >= 0.3 is 0 Å². The minimum atomic E-state index is 0.530. The van der Waals surface area contributed by atoms with E-state index in [1.54, 1.807) is 0 Å². The molecule has 0 radical (unpaired) electrons. The van der Waals surface area contributed by atoms with Crippen molar-refractivity contribution in [2.24, 2.45) is 5.41 Å². The Morgan fingerprint density at radius 1 is 1.05 bits per heavy atom. The highest BCUT2D eigenvalue weighted by Gasteiger charge is 2.40. The van der Waals surface area contributed by atoms with Crippen molar-refractivity contribution in [3.05, 3.63) is 11.4 Å². The predicted octanol–water partition coefficient (Wildman–Crippen LogP) is 3.52. The molecule has 0 aromatic carbocycles. The lowest BCUT2D eigenvalue weighted by Crippen LogP contribution is -2.17. The first-order valence-electron chi connectivity index (χ1n) is 7.43. The van der Waals surface area contributed by atoms with E-state index in [1.807, 2.05) is 6.92 Å². The van der Waals surface area contributed by atoms with Crippen molar-refractivity contribution in [1.29, 1.82) is 0 Å². The normalized spacial score (nSPS) is 16.2. The predicted molar refractivity (Wildman–Crippen MR) is 80.7 cm³/mol. The average Bonchev–Trinajstić information content (AvgIpc) is 3.18. The van der Waals surface area contributed by atoms with Crippen LogP contribution in [0.4, 0.5) is 11.6 Å². The smallest absolute Gasteiger partial charge is 0.134 e. The molecule has 1 saturated carbocycles. The van der Waals surface area contributed by atoms with Gasteiger partial charge in [0.1, 0.15) is 17.5 Å². The maximum atomic E-state index is 4.54. The molecule has 0 bridgehead atoms. The van der Waals surface area contributed by atoms with E-state index in [2.05, 4.69) is 41.4 Å². The zero-order valence-corrected chi connectivity index (χ0v) is 12.6. The zero-order valence-electron chi connectivity index (χ0n) is 12.6. The van der Waals surface area contributed by atoms with Gasteiger partial charge in [-0.2, -0.15) is 0 Å². The molecule has 0 saturated heterocycles. The largest absolute Gasteiger partial charge is 0.370 e. The summed E-state index contributed by atoms with van der Waals surface area (Å²) in [6, 6.07) is 0. The fourth-order valence-electron chi connectivity index (χ4n) is 2.32. The molecular weight excluding hydrogens is 236 g/mol. The molecule has 0 unspecified atom stereocenters. The van der Waals surface area contributed by atoms with Crippen LogP contribution in [-0.2, 0) is 0 Å². The molecule has 1 heterocycles. The van der Waals surface area contributed by atoms with Crippen molar-refractivity contribution in [1.82, 2.24) is 9.97 Å². The Balaban J connectivity index is 2.08. The van der Waals surface area contributed by atoms with Crippen LogP contribution < -0.4 is 10.6 Å². The second-order valence-corrected chi connectivity index (χ2v) is 5.73. The summed E-state index contributed by atoms with van der Waals surface area (Å²) in [5.74, 6) is 2.79. The summed E-state index contributed by atoms with van der Waals surface area (Å²) < 4.78 is 0. The van der Waals surface area contributed by atoms with E-state index in [4.69, 9.17) is 0 Å². The Hall–Kier alpha value is -1.32. The van der Waals surface area contributed by atoms with Gasteiger partial charge in [-0.1, -0.05) is 13.8 Å². The van der Waals surface area contributed by atoms with Crippen molar-refractivity contribution in [3.8, 4) is 0 Å². The van der Waals surface area contributed by atoms with Gasteiger partial charge < -0.3 is 10.6 Å². The van der Waals surface area contributed by atoms with Crippen LogP contribution in [0.25, 0.3) is 0 Å². The van der Waals surface area contributed by atoms with Crippen LogP contribution in [0.1, 0.15) is 50.9 Å². The van der Waals surface area contributed by atoms with Crippen molar-refractivity contribution in [2.45, 2.75) is 53.4 Å². The van der Waals surface area contributed by atoms with Gasteiger partial charge in [0.25, 0.3) is 0 Å². The summed E-state index contributed by atoms with van der Waals surface area (Å²) in [4.78, 5) is 9.03. The van der Waals surface area contributed by atoms with Crippen LogP contribution >= 0.6 is 0 Å². The van der Waals surface area contributed by atoms with Crippen molar-refractivity contribution < 1.29 is 0 Å². The fourth-order valence-corrected chi connectivity index (χ4v) is 2.32. The maximum absolute atomic E-state index is 4.54. The lowest BCUT2D eigenvalue weighted by Gasteiger charge is -2.17. The third-order valence-corrected chi connectivity index (χ3v) is 4.14. The minimum absolute atomic E-state index is 0.530. The standard InChI is InChI=1S/C15H26N4/c1-5-9-16-13-11(3)14(19-12(4)18-13)17-10-15(6-2)7-8-15/h5-10H2,1-4H3,(H2,16,17,18,19). The quantitative estimate of drug-likeness (QED) is 0.789. The van der Waals surface area contributed by atoms with E-state index < -0.39 is 0 Å². The topological polar surface area (TPSA) is 49.8 Å². The van der Waals surface area contributed by atoms with E-state index in [-0.39, 0.29) is 0 Å². The summed E-state index contributed by atoms with van der Waals surface area (Å²) in [5.41, 5.74) is 1.66. The van der Waals surface area contributed by atoms with E-state index >= 15 is 0 Å². The van der Waals surface area contributed by atoms with Gasteiger partial charge in [0.15, 0.2) is 0 Å². The number of aromatic nitrogens is 2. The molecule has 4 nitrogen and oxygen atoms in total. The number of hydrogen-bond acceptors (Lipinski definition) is 4. The average molecular weight is 262 g/mol. The van der Waals surface area contributed by atoms with Crippen LogP contribution in [0.3, 0.4) is 0 Å². The van der Waals surface area contributed by atoms with Crippen molar-refractivity contribution in [2.75, 3.05) is 23.7 Å². The second kappa shape index (κ2) is 5.76. The van der Waals surface area contributed by atoms with Crippen LogP contribution in [0.5, 0.6) is 0 Å². The number of hydrogen-bond donors (Lipinski definition) is 2.